The monoisotopic (exact) mass is 1000 g/mol. The third-order valence-electron chi connectivity index (χ3n) is 12.8. The van der Waals surface area contributed by atoms with Gasteiger partial charge in [0.25, 0.3) is 0 Å². The molecule has 0 rings (SSSR count). The lowest BCUT2D eigenvalue weighted by Crippen LogP contribution is -2.30. The van der Waals surface area contributed by atoms with Gasteiger partial charge in [0.15, 0.2) is 6.10 Å². The number of ether oxygens (including phenoxy) is 3. The second kappa shape index (κ2) is 59.9. The molecule has 0 saturated heterocycles. The van der Waals surface area contributed by atoms with E-state index in [0.717, 1.165) is 109 Å². The Kier molecular flexibility index (Phi) is 56.8. The van der Waals surface area contributed by atoms with Crippen LogP contribution < -0.4 is 0 Å². The van der Waals surface area contributed by atoms with Crippen LogP contribution in [-0.2, 0) is 28.6 Å². The second-order valence-corrected chi connectivity index (χ2v) is 19.9. The maximum Gasteiger partial charge on any atom is 0.306 e. The van der Waals surface area contributed by atoms with Gasteiger partial charge in [-0.3, -0.25) is 14.4 Å². The lowest BCUT2D eigenvalue weighted by atomic mass is 10.0. The molecule has 0 aromatic heterocycles. The van der Waals surface area contributed by atoms with Gasteiger partial charge < -0.3 is 14.2 Å². The minimum atomic E-state index is -0.824. The van der Waals surface area contributed by atoms with Gasteiger partial charge in [0, 0.05) is 19.3 Å². The molecule has 0 radical (unpaired) electrons. The Bertz CT molecular complexity index is 1430. The van der Waals surface area contributed by atoms with Gasteiger partial charge in [-0.25, -0.2) is 0 Å². The molecule has 0 saturated carbocycles. The van der Waals surface area contributed by atoms with E-state index in [-0.39, 0.29) is 31.6 Å². The van der Waals surface area contributed by atoms with Crippen LogP contribution in [0.2, 0.25) is 0 Å². The highest BCUT2D eigenvalue weighted by Crippen LogP contribution is 2.16. The molecular formula is C66H112O6. The van der Waals surface area contributed by atoms with Gasteiger partial charge >= 0.3 is 17.9 Å². The summed E-state index contributed by atoms with van der Waals surface area (Å²) < 4.78 is 16.8. The average molecular weight is 1000 g/mol. The number of esters is 3. The quantitative estimate of drug-likeness (QED) is 0.0261. The highest BCUT2D eigenvalue weighted by molar-refractivity contribution is 5.71. The normalized spacial score (nSPS) is 12.8. The van der Waals surface area contributed by atoms with Crippen molar-refractivity contribution in [1.29, 1.82) is 0 Å². The Hall–Kier alpha value is -3.67. The molecule has 6 heteroatoms. The summed E-state index contributed by atoms with van der Waals surface area (Å²) in [5.74, 6) is -1.00. The molecule has 0 aromatic rings. The standard InChI is InChI=1S/C66H112O6/c1-4-7-10-13-16-19-22-25-27-29-31-32-33-35-36-38-41-44-47-50-53-56-59-65(68)71-62-63(61-70-64(67)58-55-52-49-46-43-40-24-21-18-15-12-9-6-3)72-66(69)60-57-54-51-48-45-42-39-37-34-30-28-26-23-20-17-14-11-8-5-2/h8,11-12,15,17,20-21,24,26,28,34,37,42,45,51,54,63H,4-7,9-10,13-14,16,18-19,22-23,25,27,29-33,35-36,38-41,43-44,46-50,52-53,55-62H2,1-3H3/b11-8-,15-12-,20-17-,24-21-,28-26-,37-34-,45-42-,54-51-. The molecule has 0 spiro atoms. The van der Waals surface area contributed by atoms with Crippen molar-refractivity contribution in [2.45, 2.75) is 290 Å². The van der Waals surface area contributed by atoms with Crippen LogP contribution in [0, 0.1) is 0 Å². The minimum absolute atomic E-state index is 0.111. The third kappa shape index (κ3) is 57.2. The largest absolute Gasteiger partial charge is 0.462 e. The van der Waals surface area contributed by atoms with Gasteiger partial charge in [0.2, 0.25) is 0 Å². The molecule has 0 amide bonds. The van der Waals surface area contributed by atoms with E-state index in [1.54, 1.807) is 0 Å². The van der Waals surface area contributed by atoms with Crippen LogP contribution in [0.1, 0.15) is 284 Å². The van der Waals surface area contributed by atoms with Crippen molar-refractivity contribution in [1.82, 2.24) is 0 Å². The number of hydrogen-bond acceptors (Lipinski definition) is 6. The van der Waals surface area contributed by atoms with Crippen molar-refractivity contribution in [3.63, 3.8) is 0 Å². The molecule has 6 nitrogen and oxygen atoms in total. The first-order chi connectivity index (χ1) is 35.5. The SMILES string of the molecule is CC/C=C\C/C=C\C/C=C\C/C=C\C/C=C\C/C=C\CCC(=O)OC(COC(=O)CCCCCCC/C=C\C/C=C\CCC)COC(=O)CCCCCCCCCCCCCCCCCCCCCCCC. The number of allylic oxidation sites excluding steroid dienone is 16. The van der Waals surface area contributed by atoms with Gasteiger partial charge in [-0.15, -0.1) is 0 Å². The number of carbonyl (C=O) groups is 3. The first-order valence-corrected chi connectivity index (χ1v) is 30.2. The summed E-state index contributed by atoms with van der Waals surface area (Å²) in [5, 5.41) is 0. The average Bonchev–Trinajstić information content (AvgIpc) is 3.38. The summed E-state index contributed by atoms with van der Waals surface area (Å²) >= 11 is 0. The van der Waals surface area contributed by atoms with Crippen molar-refractivity contribution in [2.24, 2.45) is 0 Å². The van der Waals surface area contributed by atoms with E-state index in [1.165, 1.54) is 128 Å². The highest BCUT2D eigenvalue weighted by Gasteiger charge is 2.19. The zero-order valence-corrected chi connectivity index (χ0v) is 47.2. The molecule has 0 bridgehead atoms. The number of carbonyl (C=O) groups excluding carboxylic acids is 3. The highest BCUT2D eigenvalue weighted by atomic mass is 16.6. The van der Waals surface area contributed by atoms with Crippen LogP contribution in [0.3, 0.4) is 0 Å². The lowest BCUT2D eigenvalue weighted by Gasteiger charge is -2.18. The van der Waals surface area contributed by atoms with Gasteiger partial charge in [-0.2, -0.15) is 0 Å². The van der Waals surface area contributed by atoms with Crippen LogP contribution in [0.4, 0.5) is 0 Å². The van der Waals surface area contributed by atoms with Gasteiger partial charge in [0.05, 0.1) is 0 Å². The predicted molar refractivity (Wildman–Crippen MR) is 311 cm³/mol. The fourth-order valence-corrected chi connectivity index (χ4v) is 8.33. The fourth-order valence-electron chi connectivity index (χ4n) is 8.33. The smallest absolute Gasteiger partial charge is 0.306 e. The predicted octanol–water partition coefficient (Wildman–Crippen LogP) is 20.5. The summed E-state index contributed by atoms with van der Waals surface area (Å²) in [6.07, 6.45) is 80.0. The summed E-state index contributed by atoms with van der Waals surface area (Å²) in [6, 6.07) is 0. The Morgan fingerprint density at radius 3 is 0.958 bits per heavy atom. The molecule has 0 aliphatic carbocycles. The fraction of sp³-hybridized carbons (Fsp3) is 0.712. The zero-order valence-electron chi connectivity index (χ0n) is 47.2. The number of unbranched alkanes of at least 4 members (excludes halogenated alkanes) is 27. The second-order valence-electron chi connectivity index (χ2n) is 19.9. The molecule has 1 atom stereocenters. The van der Waals surface area contributed by atoms with E-state index >= 15 is 0 Å². The molecule has 0 N–H and O–H groups in total. The summed E-state index contributed by atoms with van der Waals surface area (Å²) in [4.78, 5) is 38.2. The van der Waals surface area contributed by atoms with Crippen LogP contribution >= 0.6 is 0 Å². The molecule has 0 aliphatic heterocycles. The van der Waals surface area contributed by atoms with Crippen LogP contribution in [0.15, 0.2) is 97.2 Å². The Balaban J connectivity index is 4.42. The van der Waals surface area contributed by atoms with Gasteiger partial charge in [-0.05, 0) is 83.5 Å². The molecule has 0 aliphatic rings. The van der Waals surface area contributed by atoms with E-state index in [0.29, 0.717) is 19.3 Å². The van der Waals surface area contributed by atoms with Crippen LogP contribution in [0.25, 0.3) is 0 Å². The minimum Gasteiger partial charge on any atom is -0.462 e. The van der Waals surface area contributed by atoms with Crippen molar-refractivity contribution >= 4 is 17.9 Å². The van der Waals surface area contributed by atoms with Crippen molar-refractivity contribution in [3.05, 3.63) is 97.2 Å². The maximum atomic E-state index is 12.8. The maximum absolute atomic E-state index is 12.8. The van der Waals surface area contributed by atoms with Crippen molar-refractivity contribution in [2.75, 3.05) is 13.2 Å². The first-order valence-electron chi connectivity index (χ1n) is 30.2. The van der Waals surface area contributed by atoms with Crippen molar-refractivity contribution < 1.29 is 28.6 Å². The molecular weight excluding hydrogens is 889 g/mol. The number of rotatable bonds is 54. The van der Waals surface area contributed by atoms with Gasteiger partial charge in [0.1, 0.15) is 13.2 Å². The summed E-state index contributed by atoms with van der Waals surface area (Å²) in [7, 11) is 0. The molecule has 72 heavy (non-hydrogen) atoms. The van der Waals surface area contributed by atoms with E-state index in [2.05, 4.69) is 112 Å². The van der Waals surface area contributed by atoms with Crippen LogP contribution in [-0.4, -0.2) is 37.2 Å². The number of hydrogen-bond donors (Lipinski definition) is 0. The van der Waals surface area contributed by atoms with Crippen LogP contribution in [0.5, 0.6) is 0 Å². The molecule has 0 fully saturated rings. The van der Waals surface area contributed by atoms with E-state index in [4.69, 9.17) is 14.2 Å². The topological polar surface area (TPSA) is 78.9 Å². The molecule has 412 valence electrons. The Labute approximate surface area is 445 Å². The molecule has 0 heterocycles. The Morgan fingerprint density at radius 1 is 0.292 bits per heavy atom. The molecule has 1 unspecified atom stereocenters. The molecule has 0 aromatic carbocycles. The zero-order chi connectivity index (χ0) is 52.2. The summed E-state index contributed by atoms with van der Waals surface area (Å²) in [5.41, 5.74) is 0. The lowest BCUT2D eigenvalue weighted by molar-refractivity contribution is -0.166. The first kappa shape index (κ1) is 68.3. The van der Waals surface area contributed by atoms with E-state index < -0.39 is 12.1 Å². The third-order valence-corrected chi connectivity index (χ3v) is 12.8. The Morgan fingerprint density at radius 2 is 0.597 bits per heavy atom. The van der Waals surface area contributed by atoms with Crippen molar-refractivity contribution in [3.8, 4) is 0 Å². The summed E-state index contributed by atoms with van der Waals surface area (Å²) in [6.45, 7) is 6.41. The van der Waals surface area contributed by atoms with E-state index in [9.17, 15) is 14.4 Å². The van der Waals surface area contributed by atoms with Gasteiger partial charge in [-0.1, -0.05) is 279 Å². The van der Waals surface area contributed by atoms with E-state index in [1.807, 2.05) is 6.08 Å².